The summed E-state index contributed by atoms with van der Waals surface area (Å²) in [5.74, 6) is -1.15. The number of anilines is 1. The molecule has 2 aliphatic heterocycles. The number of rotatable bonds is 6. The molecular weight excluding hydrogens is 450 g/mol. The van der Waals surface area contributed by atoms with Crippen LogP contribution in [0.4, 0.5) is 5.13 Å². The van der Waals surface area contributed by atoms with Crippen LogP contribution in [0.5, 0.6) is 0 Å². The maximum Gasteiger partial charge on any atom is 0.262 e. The molecule has 8 nitrogen and oxygen atoms in total. The molecule has 0 bridgehead atoms. The first-order valence-corrected chi connectivity index (χ1v) is 12.3. The molecule has 0 spiro atoms. The topological polar surface area (TPSA) is 85.9 Å². The number of carbonyl (C=O) groups is 3. The molecule has 1 fully saturated rings. The van der Waals surface area contributed by atoms with Crippen molar-refractivity contribution in [2.45, 2.75) is 13.8 Å². The van der Waals surface area contributed by atoms with Gasteiger partial charge in [-0.25, -0.2) is 4.98 Å². The van der Waals surface area contributed by atoms with Gasteiger partial charge in [0.2, 0.25) is 5.91 Å². The normalized spacial score (nSPS) is 16.4. The van der Waals surface area contributed by atoms with E-state index in [1.54, 1.807) is 35.6 Å². The fourth-order valence-corrected chi connectivity index (χ4v) is 5.52. The molecule has 2 aromatic carbocycles. The van der Waals surface area contributed by atoms with Gasteiger partial charge >= 0.3 is 0 Å². The number of thiazole rings is 1. The molecule has 3 heterocycles. The predicted molar refractivity (Wildman–Crippen MR) is 133 cm³/mol. The van der Waals surface area contributed by atoms with Crippen LogP contribution in [0.15, 0.2) is 36.4 Å². The number of hydrogen-bond acceptors (Lipinski definition) is 7. The molecule has 0 atom stereocenters. The number of carbonyl (C=O) groups excluding carboxylic acids is 3. The zero-order valence-electron chi connectivity index (χ0n) is 19.3. The lowest BCUT2D eigenvalue weighted by Gasteiger charge is -2.34. The molecule has 0 aliphatic carbocycles. The van der Waals surface area contributed by atoms with E-state index in [9.17, 15) is 14.4 Å². The van der Waals surface area contributed by atoms with Crippen LogP contribution < -0.4 is 10.2 Å². The third-order valence-electron chi connectivity index (χ3n) is 6.65. The number of benzene rings is 2. The molecule has 9 heteroatoms. The number of nitrogens with zero attached hydrogens (tertiary/aromatic N) is 4. The van der Waals surface area contributed by atoms with Crippen molar-refractivity contribution in [1.82, 2.24) is 20.1 Å². The van der Waals surface area contributed by atoms with E-state index in [1.165, 1.54) is 15.8 Å². The first-order valence-electron chi connectivity index (χ1n) is 11.5. The molecule has 2 aliphatic rings. The molecule has 0 saturated carbocycles. The summed E-state index contributed by atoms with van der Waals surface area (Å²) in [6.07, 6.45) is 0. The van der Waals surface area contributed by atoms with E-state index in [4.69, 9.17) is 4.98 Å². The van der Waals surface area contributed by atoms with E-state index in [1.807, 2.05) is 0 Å². The summed E-state index contributed by atoms with van der Waals surface area (Å²) in [6.45, 7) is 8.75. The summed E-state index contributed by atoms with van der Waals surface area (Å²) in [5, 5.41) is 3.91. The molecule has 5 rings (SSSR count). The van der Waals surface area contributed by atoms with E-state index < -0.39 is 11.8 Å². The zero-order valence-corrected chi connectivity index (χ0v) is 20.2. The minimum absolute atomic E-state index is 0.253. The van der Waals surface area contributed by atoms with E-state index in [0.29, 0.717) is 17.7 Å². The Kier molecular flexibility index (Phi) is 6.05. The maximum atomic E-state index is 12.4. The maximum absolute atomic E-state index is 12.4. The highest BCUT2D eigenvalue weighted by atomic mass is 32.1. The number of aromatic nitrogens is 1. The number of piperazine rings is 1. The zero-order chi connectivity index (χ0) is 23.8. The summed E-state index contributed by atoms with van der Waals surface area (Å²) in [7, 11) is 0. The summed E-state index contributed by atoms with van der Waals surface area (Å²) in [6, 6.07) is 11.0. The molecule has 1 saturated heterocycles. The minimum Gasteiger partial charge on any atom is -0.353 e. The highest BCUT2D eigenvalue weighted by molar-refractivity contribution is 7.22. The Morgan fingerprint density at radius 3 is 2.35 bits per heavy atom. The first kappa shape index (κ1) is 22.5. The first-order chi connectivity index (χ1) is 16.4. The van der Waals surface area contributed by atoms with Crippen LogP contribution in [-0.4, -0.2) is 78.3 Å². The van der Waals surface area contributed by atoms with Crippen LogP contribution in [0.1, 0.15) is 31.8 Å². The van der Waals surface area contributed by atoms with Crippen molar-refractivity contribution < 1.29 is 14.4 Å². The molecule has 176 valence electrons. The number of hydrogen-bond donors (Lipinski definition) is 1. The Morgan fingerprint density at radius 2 is 1.68 bits per heavy atom. The molecule has 0 radical (unpaired) electrons. The van der Waals surface area contributed by atoms with Gasteiger partial charge < -0.3 is 10.2 Å². The lowest BCUT2D eigenvalue weighted by Crippen LogP contribution is -2.49. The van der Waals surface area contributed by atoms with Crippen molar-refractivity contribution in [1.29, 1.82) is 0 Å². The van der Waals surface area contributed by atoms with Crippen LogP contribution in [-0.2, 0) is 4.79 Å². The summed E-state index contributed by atoms with van der Waals surface area (Å²) in [5.41, 5.74) is 4.33. The quantitative estimate of drug-likeness (QED) is 0.549. The SMILES string of the molecule is Cc1ccc2sc(N3CCN(CCNC(=O)CN4C(=O)c5ccccc5C4=O)CC3)nc2c1C. The number of nitrogens with one attached hydrogen (secondary N) is 1. The standard InChI is InChI=1S/C25H27N5O3S/c1-16-7-8-20-22(17(16)2)27-25(34-20)29-13-11-28(12-14-29)10-9-26-21(31)15-30-23(32)18-5-3-4-6-19(18)24(30)33/h3-8H,9-15H2,1-2H3,(H,26,31). The van der Waals surface area contributed by atoms with Gasteiger partial charge in [-0.3, -0.25) is 24.2 Å². The molecule has 0 unspecified atom stereocenters. The van der Waals surface area contributed by atoms with E-state index in [2.05, 4.69) is 41.1 Å². The van der Waals surface area contributed by atoms with Crippen molar-refractivity contribution in [3.05, 3.63) is 58.7 Å². The molecule has 1 N–H and O–H groups in total. The van der Waals surface area contributed by atoms with E-state index in [-0.39, 0.29) is 12.5 Å². The van der Waals surface area contributed by atoms with Crippen LogP contribution in [0.25, 0.3) is 10.2 Å². The van der Waals surface area contributed by atoms with Crippen molar-refractivity contribution in [3.8, 4) is 0 Å². The summed E-state index contributed by atoms with van der Waals surface area (Å²) < 4.78 is 1.22. The third kappa shape index (κ3) is 4.17. The number of fused-ring (bicyclic) bond motifs is 2. The van der Waals surface area contributed by atoms with Crippen LogP contribution in [0.3, 0.4) is 0 Å². The number of amides is 3. The fraction of sp³-hybridized carbons (Fsp3) is 0.360. The van der Waals surface area contributed by atoms with Gasteiger partial charge in [0.15, 0.2) is 5.13 Å². The van der Waals surface area contributed by atoms with Gasteiger partial charge in [-0.05, 0) is 43.2 Å². The van der Waals surface area contributed by atoms with Gasteiger partial charge in [0.25, 0.3) is 11.8 Å². The lowest BCUT2D eigenvalue weighted by molar-refractivity contribution is -0.121. The fourth-order valence-electron chi connectivity index (χ4n) is 4.45. The number of imide groups is 1. The largest absolute Gasteiger partial charge is 0.353 e. The predicted octanol–water partition coefficient (Wildman–Crippen LogP) is 2.45. The molecule has 1 aromatic heterocycles. The third-order valence-corrected chi connectivity index (χ3v) is 7.73. The van der Waals surface area contributed by atoms with Gasteiger partial charge in [0.1, 0.15) is 6.54 Å². The van der Waals surface area contributed by atoms with Crippen LogP contribution in [0.2, 0.25) is 0 Å². The van der Waals surface area contributed by atoms with Gasteiger partial charge in [-0.2, -0.15) is 0 Å². The Balaban J connectivity index is 1.08. The van der Waals surface area contributed by atoms with E-state index in [0.717, 1.165) is 48.3 Å². The lowest BCUT2D eigenvalue weighted by atomic mass is 10.1. The van der Waals surface area contributed by atoms with Crippen molar-refractivity contribution in [2.24, 2.45) is 0 Å². The monoisotopic (exact) mass is 477 g/mol. The highest BCUT2D eigenvalue weighted by Gasteiger charge is 2.36. The van der Waals surface area contributed by atoms with Gasteiger partial charge in [0.05, 0.1) is 21.3 Å². The van der Waals surface area contributed by atoms with Crippen LogP contribution >= 0.6 is 11.3 Å². The van der Waals surface area contributed by atoms with Crippen molar-refractivity contribution >= 4 is 44.4 Å². The summed E-state index contributed by atoms with van der Waals surface area (Å²) >= 11 is 1.74. The number of aryl methyl sites for hydroxylation is 2. The van der Waals surface area contributed by atoms with Crippen molar-refractivity contribution in [2.75, 3.05) is 50.7 Å². The second kappa shape index (κ2) is 9.15. The molecule has 34 heavy (non-hydrogen) atoms. The molecular formula is C25H27N5O3S. The Morgan fingerprint density at radius 1 is 1.00 bits per heavy atom. The van der Waals surface area contributed by atoms with Gasteiger partial charge in [0, 0.05) is 39.3 Å². The van der Waals surface area contributed by atoms with E-state index >= 15 is 0 Å². The van der Waals surface area contributed by atoms with Gasteiger partial charge in [-0.15, -0.1) is 0 Å². The Bertz CT molecular complexity index is 1240. The highest BCUT2D eigenvalue weighted by Crippen LogP contribution is 2.32. The average Bonchev–Trinajstić information content (AvgIpc) is 3.38. The van der Waals surface area contributed by atoms with Gasteiger partial charge in [-0.1, -0.05) is 29.5 Å². The Labute approximate surface area is 202 Å². The molecule has 3 amide bonds. The minimum atomic E-state index is -0.410. The molecule has 3 aromatic rings. The average molecular weight is 478 g/mol. The van der Waals surface area contributed by atoms with Crippen LogP contribution in [0, 0.1) is 13.8 Å². The smallest absolute Gasteiger partial charge is 0.262 e. The Hall–Kier alpha value is -3.30. The second-order valence-corrected chi connectivity index (χ2v) is 9.78. The second-order valence-electron chi connectivity index (χ2n) is 8.77. The van der Waals surface area contributed by atoms with Crippen molar-refractivity contribution in [3.63, 3.8) is 0 Å². The summed E-state index contributed by atoms with van der Waals surface area (Å²) in [4.78, 5) is 47.7.